The SMILES string of the molecule is CSc1ccccc1-c1ccc(C=NOCCCCCl)c2ccccc12. The Bertz CT molecular complexity index is 894. The van der Waals surface area contributed by atoms with Crippen LogP contribution in [0.1, 0.15) is 18.4 Å². The van der Waals surface area contributed by atoms with E-state index in [2.05, 4.69) is 72.1 Å². The van der Waals surface area contributed by atoms with Gasteiger partial charge < -0.3 is 4.84 Å². The quantitative estimate of drug-likeness (QED) is 0.144. The van der Waals surface area contributed by atoms with Crippen molar-refractivity contribution in [3.63, 3.8) is 0 Å². The summed E-state index contributed by atoms with van der Waals surface area (Å²) < 4.78 is 0. The molecule has 0 aliphatic heterocycles. The summed E-state index contributed by atoms with van der Waals surface area (Å²) in [5, 5.41) is 6.52. The fourth-order valence-corrected chi connectivity index (χ4v) is 3.75. The van der Waals surface area contributed by atoms with Gasteiger partial charge in [-0.1, -0.05) is 59.8 Å². The first kappa shape index (κ1) is 18.8. The summed E-state index contributed by atoms with van der Waals surface area (Å²) in [6.07, 6.45) is 5.78. The van der Waals surface area contributed by atoms with Gasteiger partial charge >= 0.3 is 0 Å². The first-order valence-electron chi connectivity index (χ1n) is 8.71. The van der Waals surface area contributed by atoms with Crippen molar-refractivity contribution in [3.05, 3.63) is 66.2 Å². The van der Waals surface area contributed by atoms with E-state index >= 15 is 0 Å². The molecule has 4 heteroatoms. The fourth-order valence-electron chi connectivity index (χ4n) is 2.94. The Kier molecular flexibility index (Phi) is 6.98. The minimum absolute atomic E-state index is 0.598. The van der Waals surface area contributed by atoms with Crippen molar-refractivity contribution in [2.75, 3.05) is 18.7 Å². The minimum Gasteiger partial charge on any atom is -0.396 e. The molecule has 0 N–H and O–H groups in total. The van der Waals surface area contributed by atoms with E-state index in [1.807, 2.05) is 0 Å². The van der Waals surface area contributed by atoms with Crippen LogP contribution in [0.15, 0.2) is 70.7 Å². The first-order chi connectivity index (χ1) is 12.8. The van der Waals surface area contributed by atoms with E-state index in [-0.39, 0.29) is 0 Å². The highest BCUT2D eigenvalue weighted by Crippen LogP contribution is 2.35. The third-order valence-corrected chi connectivity index (χ3v) is 5.30. The van der Waals surface area contributed by atoms with Crippen molar-refractivity contribution in [2.24, 2.45) is 5.16 Å². The number of thioether (sulfide) groups is 1. The van der Waals surface area contributed by atoms with E-state index in [0.29, 0.717) is 12.5 Å². The average molecular weight is 384 g/mol. The lowest BCUT2D eigenvalue weighted by Gasteiger charge is -2.12. The second-order valence-corrected chi connectivity index (χ2v) is 7.14. The number of unbranched alkanes of at least 4 members (excludes halogenated alkanes) is 1. The molecule has 0 aromatic heterocycles. The zero-order valence-corrected chi connectivity index (χ0v) is 16.4. The van der Waals surface area contributed by atoms with Crippen LogP contribution >= 0.6 is 23.4 Å². The molecule has 3 aromatic rings. The molecule has 0 radical (unpaired) electrons. The van der Waals surface area contributed by atoms with E-state index < -0.39 is 0 Å². The van der Waals surface area contributed by atoms with Gasteiger partial charge in [-0.2, -0.15) is 0 Å². The summed E-state index contributed by atoms with van der Waals surface area (Å²) in [5.41, 5.74) is 3.56. The van der Waals surface area contributed by atoms with E-state index in [0.717, 1.165) is 18.4 Å². The van der Waals surface area contributed by atoms with Crippen LogP contribution in [0.3, 0.4) is 0 Å². The van der Waals surface area contributed by atoms with E-state index in [4.69, 9.17) is 16.4 Å². The second-order valence-electron chi connectivity index (χ2n) is 5.91. The average Bonchev–Trinajstić information content (AvgIpc) is 2.70. The second kappa shape index (κ2) is 9.65. The Morgan fingerprint density at radius 2 is 1.69 bits per heavy atom. The number of rotatable bonds is 8. The number of benzene rings is 3. The Balaban J connectivity index is 1.93. The van der Waals surface area contributed by atoms with Crippen LogP contribution in [0, 0.1) is 0 Å². The van der Waals surface area contributed by atoms with Crippen LogP contribution in [-0.4, -0.2) is 25.0 Å². The number of hydrogen-bond acceptors (Lipinski definition) is 3. The van der Waals surface area contributed by atoms with Crippen molar-refractivity contribution >= 4 is 40.3 Å². The predicted octanol–water partition coefficient (Wildman–Crippen LogP) is 6.60. The molecule has 0 aliphatic rings. The third kappa shape index (κ3) is 4.40. The molecular formula is C22H22ClNOS. The molecule has 0 aliphatic carbocycles. The predicted molar refractivity (Wildman–Crippen MR) is 115 cm³/mol. The largest absolute Gasteiger partial charge is 0.396 e. The molecule has 0 bridgehead atoms. The van der Waals surface area contributed by atoms with Gasteiger partial charge in [-0.05, 0) is 47.1 Å². The van der Waals surface area contributed by atoms with Gasteiger partial charge in [-0.25, -0.2) is 0 Å². The number of nitrogens with zero attached hydrogens (tertiary/aromatic N) is 1. The van der Waals surface area contributed by atoms with Crippen molar-refractivity contribution < 1.29 is 4.84 Å². The summed E-state index contributed by atoms with van der Waals surface area (Å²) in [5.74, 6) is 0.663. The first-order valence-corrected chi connectivity index (χ1v) is 10.5. The number of halogens is 1. The van der Waals surface area contributed by atoms with Crippen LogP contribution in [0.2, 0.25) is 0 Å². The molecule has 26 heavy (non-hydrogen) atoms. The summed E-state index contributed by atoms with van der Waals surface area (Å²) in [6, 6.07) is 21.2. The molecule has 2 nitrogen and oxygen atoms in total. The van der Waals surface area contributed by atoms with Gasteiger partial charge in [0.1, 0.15) is 6.61 Å². The summed E-state index contributed by atoms with van der Waals surface area (Å²) in [7, 11) is 0. The van der Waals surface area contributed by atoms with Gasteiger partial charge in [0.15, 0.2) is 0 Å². The van der Waals surface area contributed by atoms with Crippen LogP contribution in [0.4, 0.5) is 0 Å². The maximum atomic E-state index is 5.67. The van der Waals surface area contributed by atoms with Gasteiger partial charge in [0, 0.05) is 16.3 Å². The zero-order chi connectivity index (χ0) is 18.2. The Hall–Kier alpha value is -1.97. The Morgan fingerprint density at radius 3 is 2.50 bits per heavy atom. The normalized spacial score (nSPS) is 11.3. The topological polar surface area (TPSA) is 21.6 Å². The highest BCUT2D eigenvalue weighted by atomic mass is 35.5. The van der Waals surface area contributed by atoms with Crippen molar-refractivity contribution in [2.45, 2.75) is 17.7 Å². The zero-order valence-electron chi connectivity index (χ0n) is 14.8. The molecule has 0 saturated heterocycles. The highest BCUT2D eigenvalue weighted by Gasteiger charge is 2.09. The molecule has 3 aromatic carbocycles. The molecule has 0 fully saturated rings. The molecular weight excluding hydrogens is 362 g/mol. The maximum absolute atomic E-state index is 5.67. The number of fused-ring (bicyclic) bond motifs is 1. The van der Waals surface area contributed by atoms with Crippen LogP contribution in [0.25, 0.3) is 21.9 Å². The van der Waals surface area contributed by atoms with Gasteiger partial charge in [0.2, 0.25) is 0 Å². The van der Waals surface area contributed by atoms with Crippen LogP contribution < -0.4 is 0 Å². The molecule has 3 rings (SSSR count). The molecule has 134 valence electrons. The number of oxime groups is 1. The summed E-state index contributed by atoms with van der Waals surface area (Å²) >= 11 is 7.44. The summed E-state index contributed by atoms with van der Waals surface area (Å²) in [4.78, 5) is 6.63. The van der Waals surface area contributed by atoms with E-state index in [9.17, 15) is 0 Å². The van der Waals surface area contributed by atoms with Gasteiger partial charge in [-0.3, -0.25) is 0 Å². The molecule has 0 unspecified atom stereocenters. The number of alkyl halides is 1. The van der Waals surface area contributed by atoms with Crippen molar-refractivity contribution in [1.82, 2.24) is 0 Å². The van der Waals surface area contributed by atoms with Crippen LogP contribution in [0.5, 0.6) is 0 Å². The van der Waals surface area contributed by atoms with Crippen molar-refractivity contribution in [3.8, 4) is 11.1 Å². The number of hydrogen-bond donors (Lipinski definition) is 0. The highest BCUT2D eigenvalue weighted by molar-refractivity contribution is 7.98. The third-order valence-electron chi connectivity index (χ3n) is 4.24. The Morgan fingerprint density at radius 1 is 0.923 bits per heavy atom. The smallest absolute Gasteiger partial charge is 0.117 e. The lowest BCUT2D eigenvalue weighted by Crippen LogP contribution is -1.92. The lowest BCUT2D eigenvalue weighted by atomic mass is 9.95. The van der Waals surface area contributed by atoms with E-state index in [1.165, 1.54) is 26.8 Å². The molecule has 0 saturated carbocycles. The standard InChI is InChI=1S/C22H22ClNOS/c1-26-22-11-5-4-10-21(22)20-13-12-17(16-24-25-15-7-6-14-23)18-8-2-3-9-19(18)20/h2-5,8-13,16H,6-7,14-15H2,1H3. The molecule has 0 spiro atoms. The van der Waals surface area contributed by atoms with Crippen LogP contribution in [-0.2, 0) is 4.84 Å². The molecule has 0 atom stereocenters. The van der Waals surface area contributed by atoms with Gasteiger partial charge in [-0.15, -0.1) is 23.4 Å². The molecule has 0 amide bonds. The fraction of sp³-hybridized carbons (Fsp3) is 0.227. The van der Waals surface area contributed by atoms with Gasteiger partial charge in [0.05, 0.1) is 6.21 Å². The lowest BCUT2D eigenvalue weighted by molar-refractivity contribution is 0.143. The maximum Gasteiger partial charge on any atom is 0.117 e. The van der Waals surface area contributed by atoms with Gasteiger partial charge in [0.25, 0.3) is 0 Å². The molecule has 0 heterocycles. The summed E-state index contributed by atoms with van der Waals surface area (Å²) in [6.45, 7) is 0.598. The van der Waals surface area contributed by atoms with Crippen molar-refractivity contribution in [1.29, 1.82) is 0 Å². The minimum atomic E-state index is 0.598. The van der Waals surface area contributed by atoms with E-state index in [1.54, 1.807) is 18.0 Å². The Labute approximate surface area is 164 Å². The monoisotopic (exact) mass is 383 g/mol.